The number of ether oxygens (including phenoxy) is 1. The minimum Gasteiger partial charge on any atom is -0.444 e. The standard InChI is InChI=1S/C25H26N6O4/c1-25(2,3)35-24(33)31-11-16-9-30(10-17(16)12-31)23-28-20(21-22(29-23)27-13-26-21)15-4-6-18-14(8-15)5-7-19(32)34-18/h4-8,13,16-17H,9-12H2,1-3H3,(H,26,27,28,29). The number of nitrogens with zero attached hydrogens (tertiary/aromatic N) is 5. The van der Waals surface area contributed by atoms with Gasteiger partial charge >= 0.3 is 11.7 Å². The number of fused-ring (bicyclic) bond motifs is 3. The monoisotopic (exact) mass is 474 g/mol. The summed E-state index contributed by atoms with van der Waals surface area (Å²) in [5.41, 5.74) is 2.60. The first kappa shape index (κ1) is 21.6. The van der Waals surface area contributed by atoms with E-state index in [0.29, 0.717) is 42.1 Å². The molecule has 1 amide bonds. The largest absolute Gasteiger partial charge is 0.444 e. The number of H-pyrrole nitrogens is 1. The van der Waals surface area contributed by atoms with E-state index in [4.69, 9.17) is 19.1 Å². The van der Waals surface area contributed by atoms with Gasteiger partial charge in [-0.3, -0.25) is 0 Å². The number of amides is 1. The molecule has 2 aliphatic heterocycles. The zero-order valence-corrected chi connectivity index (χ0v) is 19.8. The van der Waals surface area contributed by atoms with Crippen molar-refractivity contribution in [3.05, 3.63) is 47.1 Å². The molecule has 5 heterocycles. The van der Waals surface area contributed by atoms with E-state index in [1.807, 2.05) is 37.8 Å². The Hall–Kier alpha value is -3.95. The fourth-order valence-electron chi connectivity index (χ4n) is 5.02. The van der Waals surface area contributed by atoms with Crippen LogP contribution in [-0.2, 0) is 4.74 Å². The second-order valence-electron chi connectivity index (χ2n) is 10.3. The average molecular weight is 475 g/mol. The number of nitrogens with one attached hydrogen (secondary N) is 1. The van der Waals surface area contributed by atoms with Crippen molar-refractivity contribution in [2.75, 3.05) is 31.1 Å². The number of hydrogen-bond donors (Lipinski definition) is 1. The summed E-state index contributed by atoms with van der Waals surface area (Å²) in [7, 11) is 0. The Kier molecular flexibility index (Phi) is 4.80. The first-order valence-corrected chi connectivity index (χ1v) is 11.7. The molecule has 1 N–H and O–H groups in total. The Morgan fingerprint density at radius 1 is 1.09 bits per heavy atom. The molecular weight excluding hydrogens is 448 g/mol. The van der Waals surface area contributed by atoms with Crippen LogP contribution in [0.25, 0.3) is 33.4 Å². The molecule has 35 heavy (non-hydrogen) atoms. The summed E-state index contributed by atoms with van der Waals surface area (Å²) in [4.78, 5) is 45.2. The summed E-state index contributed by atoms with van der Waals surface area (Å²) in [5, 5.41) is 0.813. The van der Waals surface area contributed by atoms with Crippen molar-refractivity contribution in [3.63, 3.8) is 0 Å². The maximum atomic E-state index is 12.5. The minimum absolute atomic E-state index is 0.248. The van der Waals surface area contributed by atoms with Crippen molar-refractivity contribution in [1.82, 2.24) is 24.8 Å². The molecule has 0 spiro atoms. The lowest BCUT2D eigenvalue weighted by molar-refractivity contribution is 0.0282. The highest BCUT2D eigenvalue weighted by Gasteiger charge is 2.43. The molecule has 0 aliphatic carbocycles. The van der Waals surface area contributed by atoms with Crippen molar-refractivity contribution in [2.45, 2.75) is 26.4 Å². The highest BCUT2D eigenvalue weighted by atomic mass is 16.6. The summed E-state index contributed by atoms with van der Waals surface area (Å²) in [6.07, 6.45) is 1.37. The quantitative estimate of drug-likeness (QED) is 0.439. The van der Waals surface area contributed by atoms with Gasteiger partial charge < -0.3 is 23.9 Å². The van der Waals surface area contributed by atoms with Crippen LogP contribution in [0.5, 0.6) is 0 Å². The van der Waals surface area contributed by atoms with E-state index in [2.05, 4.69) is 14.9 Å². The number of aromatic amines is 1. The minimum atomic E-state index is -0.502. The third-order valence-electron chi connectivity index (χ3n) is 6.59. The fraction of sp³-hybridized carbons (Fsp3) is 0.400. The fourth-order valence-corrected chi connectivity index (χ4v) is 5.02. The van der Waals surface area contributed by atoms with Gasteiger partial charge in [-0.25, -0.2) is 19.6 Å². The van der Waals surface area contributed by atoms with E-state index in [9.17, 15) is 9.59 Å². The van der Waals surface area contributed by atoms with E-state index < -0.39 is 5.60 Å². The molecule has 2 aliphatic rings. The van der Waals surface area contributed by atoms with E-state index in [0.717, 1.165) is 35.2 Å². The lowest BCUT2D eigenvalue weighted by Crippen LogP contribution is -2.37. The van der Waals surface area contributed by atoms with E-state index in [1.54, 1.807) is 18.5 Å². The van der Waals surface area contributed by atoms with Gasteiger partial charge in [0.25, 0.3) is 0 Å². The summed E-state index contributed by atoms with van der Waals surface area (Å²) in [6, 6.07) is 8.76. The Morgan fingerprint density at radius 3 is 2.60 bits per heavy atom. The van der Waals surface area contributed by atoms with Gasteiger partial charge in [0.05, 0.1) is 6.33 Å². The van der Waals surface area contributed by atoms with E-state index in [1.165, 1.54) is 6.07 Å². The molecule has 1 aromatic carbocycles. The van der Waals surface area contributed by atoms with Gasteiger partial charge in [0.2, 0.25) is 5.95 Å². The highest BCUT2D eigenvalue weighted by Crippen LogP contribution is 2.35. The highest BCUT2D eigenvalue weighted by molar-refractivity contribution is 5.91. The second kappa shape index (κ2) is 7.79. The van der Waals surface area contributed by atoms with Crippen LogP contribution in [-0.4, -0.2) is 62.7 Å². The molecular formula is C25H26N6O4. The number of rotatable bonds is 2. The number of likely N-dealkylation sites (tertiary alicyclic amines) is 1. The number of carbonyl (C=O) groups is 1. The summed E-state index contributed by atoms with van der Waals surface area (Å²) in [6.45, 7) is 8.52. The molecule has 3 aromatic heterocycles. The van der Waals surface area contributed by atoms with Crippen LogP contribution >= 0.6 is 0 Å². The normalized spacial score (nSPS) is 20.1. The third kappa shape index (κ3) is 3.98. The molecule has 2 fully saturated rings. The number of imidazole rings is 1. The van der Waals surface area contributed by atoms with Crippen molar-refractivity contribution in [2.24, 2.45) is 11.8 Å². The average Bonchev–Trinajstić information content (AvgIpc) is 3.51. The molecule has 4 aromatic rings. The predicted octanol–water partition coefficient (Wildman–Crippen LogP) is 3.43. The predicted molar refractivity (Wildman–Crippen MR) is 130 cm³/mol. The molecule has 10 nitrogen and oxygen atoms in total. The lowest BCUT2D eigenvalue weighted by Gasteiger charge is -2.26. The third-order valence-corrected chi connectivity index (χ3v) is 6.59. The zero-order valence-electron chi connectivity index (χ0n) is 19.8. The van der Waals surface area contributed by atoms with Crippen molar-refractivity contribution < 1.29 is 13.9 Å². The molecule has 0 bridgehead atoms. The van der Waals surface area contributed by atoms with Gasteiger partial charge in [0.15, 0.2) is 5.65 Å². The maximum Gasteiger partial charge on any atom is 0.410 e. The van der Waals surface area contributed by atoms with Crippen LogP contribution in [0.1, 0.15) is 20.8 Å². The number of benzene rings is 1. The van der Waals surface area contributed by atoms with Gasteiger partial charge in [0.1, 0.15) is 22.4 Å². The van der Waals surface area contributed by atoms with Gasteiger partial charge in [-0.05, 0) is 45.0 Å². The first-order valence-electron chi connectivity index (χ1n) is 11.7. The summed E-state index contributed by atoms with van der Waals surface area (Å²) >= 11 is 0. The summed E-state index contributed by atoms with van der Waals surface area (Å²) in [5.74, 6) is 1.30. The molecule has 2 atom stereocenters. The molecule has 180 valence electrons. The Balaban J connectivity index is 1.28. The Morgan fingerprint density at radius 2 is 1.86 bits per heavy atom. The second-order valence-corrected chi connectivity index (χ2v) is 10.3. The number of aromatic nitrogens is 4. The molecule has 0 saturated carbocycles. The van der Waals surface area contributed by atoms with Crippen molar-refractivity contribution >= 4 is 34.2 Å². The van der Waals surface area contributed by atoms with Gasteiger partial charge in [-0.15, -0.1) is 0 Å². The van der Waals surface area contributed by atoms with E-state index >= 15 is 0 Å². The first-order chi connectivity index (χ1) is 16.7. The Bertz CT molecular complexity index is 1490. The van der Waals surface area contributed by atoms with Crippen LogP contribution in [0.2, 0.25) is 0 Å². The molecule has 0 radical (unpaired) electrons. The van der Waals surface area contributed by atoms with Crippen LogP contribution in [0.4, 0.5) is 10.7 Å². The van der Waals surface area contributed by atoms with E-state index in [-0.39, 0.29) is 11.7 Å². The molecule has 2 saturated heterocycles. The van der Waals surface area contributed by atoms with Crippen LogP contribution in [0.3, 0.4) is 0 Å². The van der Waals surface area contributed by atoms with Gasteiger partial charge in [-0.2, -0.15) is 4.98 Å². The number of hydrogen-bond acceptors (Lipinski definition) is 8. The Labute approximate surface area is 200 Å². The maximum absolute atomic E-state index is 12.5. The smallest absolute Gasteiger partial charge is 0.410 e. The summed E-state index contributed by atoms with van der Waals surface area (Å²) < 4.78 is 10.8. The molecule has 10 heteroatoms. The number of anilines is 1. The molecule has 6 rings (SSSR count). The van der Waals surface area contributed by atoms with Crippen LogP contribution in [0, 0.1) is 11.8 Å². The van der Waals surface area contributed by atoms with Gasteiger partial charge in [-0.1, -0.05) is 0 Å². The van der Waals surface area contributed by atoms with Crippen LogP contribution in [0.15, 0.2) is 45.9 Å². The lowest BCUT2D eigenvalue weighted by atomic mass is 10.0. The molecule has 2 unspecified atom stereocenters. The van der Waals surface area contributed by atoms with Crippen molar-refractivity contribution in [3.8, 4) is 11.3 Å². The number of carbonyl (C=O) groups excluding carboxylic acids is 1. The topological polar surface area (TPSA) is 117 Å². The van der Waals surface area contributed by atoms with Crippen LogP contribution < -0.4 is 10.5 Å². The zero-order chi connectivity index (χ0) is 24.3. The van der Waals surface area contributed by atoms with Crippen molar-refractivity contribution in [1.29, 1.82) is 0 Å². The van der Waals surface area contributed by atoms with Gasteiger partial charge in [0, 0.05) is 55.0 Å². The SMILES string of the molecule is CC(C)(C)OC(=O)N1CC2CN(c3nc(-c4ccc5oc(=O)ccc5c4)c4[nH]cnc4n3)CC2C1.